The van der Waals surface area contributed by atoms with Crippen molar-refractivity contribution in [3.63, 3.8) is 0 Å². The van der Waals surface area contributed by atoms with Crippen LogP contribution in [0.2, 0.25) is 0 Å². The molecule has 0 saturated carbocycles. The number of methoxy groups -OCH3 is 4. The van der Waals surface area contributed by atoms with Crippen molar-refractivity contribution in [2.45, 2.75) is 13.0 Å². The Morgan fingerprint density at radius 3 is 2.03 bits per heavy atom. The summed E-state index contributed by atoms with van der Waals surface area (Å²) in [5, 5.41) is 16.2. The number of furan rings is 1. The summed E-state index contributed by atoms with van der Waals surface area (Å²) in [5.74, 6) is 1.66. The molecule has 1 heterocycles. The van der Waals surface area contributed by atoms with Gasteiger partial charge in [-0.25, -0.2) is 0 Å². The zero-order valence-electron chi connectivity index (χ0n) is 19.6. The molecule has 178 valence electrons. The maximum absolute atomic E-state index is 13.2. The van der Waals surface area contributed by atoms with Crippen molar-refractivity contribution < 1.29 is 28.2 Å². The fourth-order valence-electron chi connectivity index (χ4n) is 3.39. The second kappa shape index (κ2) is 11.0. The highest BCUT2D eigenvalue weighted by Crippen LogP contribution is 2.41. The third-order valence-corrected chi connectivity index (χ3v) is 5.75. The number of ether oxygens (including phenoxy) is 4. The van der Waals surface area contributed by atoms with Crippen molar-refractivity contribution in [1.29, 1.82) is 10.8 Å². The molecule has 3 aromatic rings. The van der Waals surface area contributed by atoms with Gasteiger partial charge in [0.05, 0.1) is 26.4 Å². The van der Waals surface area contributed by atoms with Crippen LogP contribution in [0.25, 0.3) is 11.3 Å². The maximum Gasteiger partial charge on any atom is 0.231 e. The summed E-state index contributed by atoms with van der Waals surface area (Å²) < 4.78 is 27.5. The van der Waals surface area contributed by atoms with Crippen molar-refractivity contribution in [3.05, 3.63) is 65.4 Å². The molecular formula is C25H26N2O6S. The largest absolute Gasteiger partial charge is 0.493 e. The number of ketones is 1. The fourth-order valence-corrected chi connectivity index (χ4v) is 3.95. The van der Waals surface area contributed by atoms with E-state index in [0.717, 1.165) is 11.8 Å². The van der Waals surface area contributed by atoms with E-state index in [1.807, 2.05) is 0 Å². The number of benzene rings is 2. The molecule has 0 aliphatic carbocycles. The van der Waals surface area contributed by atoms with Gasteiger partial charge in [-0.05, 0) is 36.8 Å². The number of nitrogens with one attached hydrogen (secondary N) is 2. The van der Waals surface area contributed by atoms with Gasteiger partial charge in [-0.15, -0.1) is 0 Å². The molecule has 34 heavy (non-hydrogen) atoms. The molecule has 0 radical (unpaired) electrons. The highest BCUT2D eigenvalue weighted by molar-refractivity contribution is 8.26. The second-order valence-corrected chi connectivity index (χ2v) is 8.39. The van der Waals surface area contributed by atoms with Crippen LogP contribution in [0.1, 0.15) is 34.7 Å². The van der Waals surface area contributed by atoms with Gasteiger partial charge in [0.2, 0.25) is 11.5 Å². The number of hydrogen-bond acceptors (Lipinski definition) is 9. The summed E-state index contributed by atoms with van der Waals surface area (Å²) in [5.41, 5.74) is 1.95. The number of rotatable bonds is 9. The lowest BCUT2D eigenvalue weighted by Crippen LogP contribution is -2.14. The van der Waals surface area contributed by atoms with Crippen LogP contribution in [0.3, 0.4) is 0 Å². The molecule has 0 aliphatic heterocycles. The van der Waals surface area contributed by atoms with Crippen molar-refractivity contribution in [2.75, 3.05) is 28.4 Å². The molecule has 1 atom stereocenters. The number of carbonyl (C=O) groups is 1. The van der Waals surface area contributed by atoms with E-state index < -0.39 is 6.10 Å². The van der Waals surface area contributed by atoms with Gasteiger partial charge in [-0.2, -0.15) is 0 Å². The van der Waals surface area contributed by atoms with Crippen LogP contribution >= 0.6 is 11.8 Å². The average molecular weight is 483 g/mol. The van der Waals surface area contributed by atoms with Crippen molar-refractivity contribution in [1.82, 2.24) is 0 Å². The predicted molar refractivity (Wildman–Crippen MR) is 132 cm³/mol. The van der Waals surface area contributed by atoms with Crippen molar-refractivity contribution >= 4 is 27.6 Å². The smallest absolute Gasteiger partial charge is 0.231 e. The summed E-state index contributed by atoms with van der Waals surface area (Å²) in [7, 11) is 6.03. The first kappa shape index (κ1) is 25.1. The monoisotopic (exact) mass is 482 g/mol. The van der Waals surface area contributed by atoms with E-state index in [9.17, 15) is 4.79 Å². The molecule has 0 fully saturated rings. The number of hydrogen-bond donors (Lipinski definition) is 2. The SMILES string of the molecule is COc1cc(-c2ccc(C(=O)C(OC)c3ccc(C(=N)SC(C)=N)cc3)o2)cc(OC)c1OC. The molecular weight excluding hydrogens is 456 g/mol. The zero-order valence-corrected chi connectivity index (χ0v) is 20.4. The molecule has 0 amide bonds. The van der Waals surface area contributed by atoms with E-state index in [2.05, 4.69) is 0 Å². The van der Waals surface area contributed by atoms with Crippen LogP contribution in [-0.2, 0) is 4.74 Å². The highest BCUT2D eigenvalue weighted by atomic mass is 32.2. The summed E-state index contributed by atoms with van der Waals surface area (Å²) in [6, 6.07) is 13.7. The summed E-state index contributed by atoms with van der Waals surface area (Å²) in [6.07, 6.45) is -0.876. The quantitative estimate of drug-likeness (QED) is 0.232. The second-order valence-electron chi connectivity index (χ2n) is 7.17. The van der Waals surface area contributed by atoms with Crippen molar-refractivity contribution in [2.24, 2.45) is 0 Å². The minimum Gasteiger partial charge on any atom is -0.493 e. The molecule has 0 spiro atoms. The number of carbonyl (C=O) groups excluding carboxylic acids is 1. The van der Waals surface area contributed by atoms with E-state index in [1.54, 1.807) is 55.5 Å². The Morgan fingerprint density at radius 1 is 0.912 bits per heavy atom. The summed E-state index contributed by atoms with van der Waals surface area (Å²) in [4.78, 5) is 13.2. The van der Waals surface area contributed by atoms with Gasteiger partial charge in [0.25, 0.3) is 0 Å². The van der Waals surface area contributed by atoms with Crippen LogP contribution in [0.5, 0.6) is 17.2 Å². The van der Waals surface area contributed by atoms with E-state index in [4.69, 9.17) is 34.2 Å². The Kier molecular flexibility index (Phi) is 8.14. The third kappa shape index (κ3) is 5.32. The highest BCUT2D eigenvalue weighted by Gasteiger charge is 2.25. The number of Topliss-reactive ketones (excluding diaryl/α,β-unsaturated/α-hetero) is 1. The van der Waals surface area contributed by atoms with Crippen LogP contribution < -0.4 is 14.2 Å². The molecule has 2 aromatic carbocycles. The van der Waals surface area contributed by atoms with E-state index in [0.29, 0.717) is 44.7 Å². The topological polar surface area (TPSA) is 115 Å². The minimum atomic E-state index is -0.876. The molecule has 0 saturated heterocycles. The predicted octanol–water partition coefficient (Wildman–Crippen LogP) is 5.60. The van der Waals surface area contributed by atoms with Gasteiger partial charge in [0.1, 0.15) is 16.9 Å². The Balaban J connectivity index is 1.86. The lowest BCUT2D eigenvalue weighted by molar-refractivity contribution is 0.0577. The van der Waals surface area contributed by atoms with E-state index in [-0.39, 0.29) is 16.6 Å². The van der Waals surface area contributed by atoms with Gasteiger partial charge < -0.3 is 23.4 Å². The molecule has 8 nitrogen and oxygen atoms in total. The van der Waals surface area contributed by atoms with Gasteiger partial charge >= 0.3 is 0 Å². The molecule has 9 heteroatoms. The average Bonchev–Trinajstić information content (AvgIpc) is 3.34. The van der Waals surface area contributed by atoms with Gasteiger partial charge in [0, 0.05) is 18.2 Å². The maximum atomic E-state index is 13.2. The molecule has 2 N–H and O–H groups in total. The van der Waals surface area contributed by atoms with Crippen LogP contribution in [0, 0.1) is 10.8 Å². The van der Waals surface area contributed by atoms with E-state index in [1.165, 1.54) is 28.4 Å². The van der Waals surface area contributed by atoms with Crippen molar-refractivity contribution in [3.8, 4) is 28.6 Å². The molecule has 1 unspecified atom stereocenters. The first-order valence-corrected chi connectivity index (χ1v) is 11.0. The summed E-state index contributed by atoms with van der Waals surface area (Å²) in [6.45, 7) is 1.63. The van der Waals surface area contributed by atoms with Gasteiger partial charge in [-0.1, -0.05) is 36.0 Å². The lowest BCUT2D eigenvalue weighted by Gasteiger charge is -2.14. The normalized spacial score (nSPS) is 11.6. The summed E-state index contributed by atoms with van der Waals surface area (Å²) >= 11 is 1.07. The van der Waals surface area contributed by atoms with E-state index >= 15 is 0 Å². The standard InChI is InChI=1S/C25H26N2O6S/c1-14(26)34-25(27)16-8-6-15(7-9-16)23(31-4)22(28)19-11-10-18(33-19)17-12-20(29-2)24(32-5)21(13-17)30-3/h6-13,23,26-27H,1-5H3. The first-order valence-electron chi connectivity index (χ1n) is 10.2. The van der Waals surface area contributed by atoms with Gasteiger partial charge in [0.15, 0.2) is 17.3 Å². The molecule has 1 aromatic heterocycles. The van der Waals surface area contributed by atoms with Crippen LogP contribution in [0.15, 0.2) is 52.9 Å². The Labute approximate surface area is 202 Å². The number of thioether (sulfide) groups is 1. The Morgan fingerprint density at radius 2 is 1.53 bits per heavy atom. The fraction of sp³-hybridized carbons (Fsp3) is 0.240. The minimum absolute atomic E-state index is 0.141. The third-order valence-electron chi connectivity index (χ3n) is 5.00. The first-order chi connectivity index (χ1) is 16.3. The Bertz CT molecular complexity index is 1180. The Hall–Kier alpha value is -3.56. The van der Waals surface area contributed by atoms with Crippen LogP contribution in [-0.4, -0.2) is 44.3 Å². The molecule has 3 rings (SSSR count). The zero-order chi connectivity index (χ0) is 24.8. The molecule has 0 bridgehead atoms. The van der Waals surface area contributed by atoms with Crippen LogP contribution in [0.4, 0.5) is 0 Å². The lowest BCUT2D eigenvalue weighted by atomic mass is 10.0. The van der Waals surface area contributed by atoms with Gasteiger partial charge in [-0.3, -0.25) is 15.6 Å². The molecule has 0 aliphatic rings.